The van der Waals surface area contributed by atoms with Gasteiger partial charge >= 0.3 is 0 Å². The fourth-order valence-electron chi connectivity index (χ4n) is 2.34. The molecule has 2 atom stereocenters. The van der Waals surface area contributed by atoms with Crippen molar-refractivity contribution in [2.24, 2.45) is 11.7 Å². The number of aromatic nitrogens is 2. The third-order valence-corrected chi connectivity index (χ3v) is 3.51. The van der Waals surface area contributed by atoms with Gasteiger partial charge in [0.2, 0.25) is 5.91 Å². The predicted molar refractivity (Wildman–Crippen MR) is 71.8 cm³/mol. The Hall–Kier alpha value is -1.11. The third-order valence-electron chi connectivity index (χ3n) is 3.32. The van der Waals surface area contributed by atoms with E-state index in [0.29, 0.717) is 31.3 Å². The maximum atomic E-state index is 12.2. The molecule has 7 heteroatoms. The van der Waals surface area contributed by atoms with Gasteiger partial charge in [-0.2, -0.15) is 5.10 Å². The monoisotopic (exact) mass is 286 g/mol. The smallest absolute Gasteiger partial charge is 0.244 e. The Morgan fingerprint density at radius 1 is 1.63 bits per heavy atom. The summed E-state index contributed by atoms with van der Waals surface area (Å²) in [5.41, 5.74) is 5.72. The first-order valence-corrected chi connectivity index (χ1v) is 6.79. The zero-order valence-electron chi connectivity index (χ0n) is 11.0. The van der Waals surface area contributed by atoms with Crippen LogP contribution in [0.2, 0.25) is 5.02 Å². The molecule has 1 aromatic rings. The second-order valence-electron chi connectivity index (χ2n) is 4.64. The highest BCUT2D eigenvalue weighted by atomic mass is 35.5. The van der Waals surface area contributed by atoms with Gasteiger partial charge in [0, 0.05) is 31.8 Å². The molecule has 6 nitrogen and oxygen atoms in total. The first kappa shape index (κ1) is 14.3. The molecule has 0 bridgehead atoms. The number of ether oxygens (including phenoxy) is 1. The number of likely N-dealkylation sites (tertiary alicyclic amines) is 1. The molecule has 2 N–H and O–H groups in total. The minimum Gasteiger partial charge on any atom is -0.376 e. The summed E-state index contributed by atoms with van der Waals surface area (Å²) in [7, 11) is 0. The summed E-state index contributed by atoms with van der Waals surface area (Å²) >= 11 is 5.77. The van der Waals surface area contributed by atoms with Gasteiger partial charge in [0.25, 0.3) is 0 Å². The van der Waals surface area contributed by atoms with Gasteiger partial charge in [0.1, 0.15) is 6.54 Å². The van der Waals surface area contributed by atoms with Crippen LogP contribution < -0.4 is 5.73 Å². The molecule has 0 unspecified atom stereocenters. The molecule has 0 aromatic carbocycles. The topological polar surface area (TPSA) is 73.4 Å². The molecule has 19 heavy (non-hydrogen) atoms. The van der Waals surface area contributed by atoms with E-state index in [0.717, 1.165) is 0 Å². The molecule has 0 aliphatic carbocycles. The second kappa shape index (κ2) is 6.36. The molecule has 0 radical (unpaired) electrons. The van der Waals surface area contributed by atoms with E-state index in [9.17, 15) is 4.79 Å². The van der Waals surface area contributed by atoms with Crippen LogP contribution in [0, 0.1) is 5.92 Å². The molecule has 1 saturated heterocycles. The summed E-state index contributed by atoms with van der Waals surface area (Å²) in [4.78, 5) is 13.9. The van der Waals surface area contributed by atoms with Crippen molar-refractivity contribution in [1.82, 2.24) is 14.7 Å². The molecule has 1 amide bonds. The maximum Gasteiger partial charge on any atom is 0.244 e. The number of hydrogen-bond acceptors (Lipinski definition) is 4. The third kappa shape index (κ3) is 3.46. The van der Waals surface area contributed by atoms with Crippen LogP contribution >= 0.6 is 11.6 Å². The van der Waals surface area contributed by atoms with Gasteiger partial charge in [0.15, 0.2) is 0 Å². The Kier molecular flexibility index (Phi) is 4.79. The van der Waals surface area contributed by atoms with Crippen molar-refractivity contribution in [2.45, 2.75) is 19.6 Å². The summed E-state index contributed by atoms with van der Waals surface area (Å²) in [5, 5.41) is 4.53. The molecule has 0 saturated carbocycles. The molecule has 0 spiro atoms. The van der Waals surface area contributed by atoms with Crippen molar-refractivity contribution in [3.05, 3.63) is 17.4 Å². The van der Waals surface area contributed by atoms with Gasteiger partial charge in [-0.15, -0.1) is 0 Å². The quantitative estimate of drug-likeness (QED) is 0.848. The number of nitrogens with two attached hydrogens (primary N) is 1. The summed E-state index contributed by atoms with van der Waals surface area (Å²) in [5.74, 6) is 0.227. The van der Waals surface area contributed by atoms with Crippen LogP contribution in [0.4, 0.5) is 0 Å². The lowest BCUT2D eigenvalue weighted by molar-refractivity contribution is -0.131. The molecule has 1 aromatic heterocycles. The number of hydrogen-bond donors (Lipinski definition) is 1. The van der Waals surface area contributed by atoms with Crippen molar-refractivity contribution in [3.8, 4) is 0 Å². The van der Waals surface area contributed by atoms with E-state index in [1.807, 2.05) is 6.92 Å². The SMILES string of the molecule is CCO[C@@H]1CN(C(=O)Cn2cc(Cl)cn2)C[C@H]1CN. The standard InChI is InChI=1S/C12H19ClN4O2/c1-2-19-11-7-16(5-9(11)3-14)12(18)8-17-6-10(13)4-15-17/h4,6,9,11H,2-3,5,7-8,14H2,1H3/t9-,11-/m1/s1. The van der Waals surface area contributed by atoms with Crippen molar-refractivity contribution in [1.29, 1.82) is 0 Å². The second-order valence-corrected chi connectivity index (χ2v) is 5.08. The highest BCUT2D eigenvalue weighted by molar-refractivity contribution is 6.30. The minimum atomic E-state index is 0.0143. The molecule has 106 valence electrons. The Morgan fingerprint density at radius 2 is 2.42 bits per heavy atom. The number of carbonyl (C=O) groups excluding carboxylic acids is 1. The van der Waals surface area contributed by atoms with Gasteiger partial charge in [0.05, 0.1) is 17.3 Å². The van der Waals surface area contributed by atoms with E-state index in [-0.39, 0.29) is 24.5 Å². The Morgan fingerprint density at radius 3 is 3.00 bits per heavy atom. The lowest BCUT2D eigenvalue weighted by Crippen LogP contribution is -2.33. The van der Waals surface area contributed by atoms with Crippen LogP contribution in [0.3, 0.4) is 0 Å². The number of nitrogens with zero attached hydrogens (tertiary/aromatic N) is 3. The van der Waals surface area contributed by atoms with E-state index >= 15 is 0 Å². The van der Waals surface area contributed by atoms with Crippen LogP contribution in [-0.2, 0) is 16.1 Å². The highest BCUT2D eigenvalue weighted by Crippen LogP contribution is 2.19. The summed E-state index contributed by atoms with van der Waals surface area (Å²) in [6, 6.07) is 0. The summed E-state index contributed by atoms with van der Waals surface area (Å²) in [6.07, 6.45) is 3.20. The van der Waals surface area contributed by atoms with Crippen molar-refractivity contribution in [3.63, 3.8) is 0 Å². The van der Waals surface area contributed by atoms with Crippen LogP contribution in [0.1, 0.15) is 6.92 Å². The first-order valence-electron chi connectivity index (χ1n) is 6.41. The first-order chi connectivity index (χ1) is 9.13. The summed E-state index contributed by atoms with van der Waals surface area (Å²) < 4.78 is 7.16. The molecular weight excluding hydrogens is 268 g/mol. The molecule has 1 aliphatic rings. The molecular formula is C12H19ClN4O2. The van der Waals surface area contributed by atoms with Gasteiger partial charge in [-0.25, -0.2) is 0 Å². The van der Waals surface area contributed by atoms with Gasteiger partial charge < -0.3 is 15.4 Å². The van der Waals surface area contributed by atoms with Gasteiger partial charge in [-0.3, -0.25) is 9.48 Å². The number of carbonyl (C=O) groups is 1. The maximum absolute atomic E-state index is 12.2. The van der Waals surface area contributed by atoms with Crippen LogP contribution in [0.5, 0.6) is 0 Å². The Bertz CT molecular complexity index is 437. The average Bonchev–Trinajstić information content (AvgIpc) is 2.96. The lowest BCUT2D eigenvalue weighted by Gasteiger charge is -2.16. The van der Waals surface area contributed by atoms with E-state index in [1.165, 1.54) is 10.9 Å². The van der Waals surface area contributed by atoms with E-state index < -0.39 is 0 Å². The number of rotatable bonds is 5. The predicted octanol–water partition coefficient (Wildman–Crippen LogP) is 0.359. The van der Waals surface area contributed by atoms with Crippen LogP contribution in [0.15, 0.2) is 12.4 Å². The van der Waals surface area contributed by atoms with Crippen molar-refractivity contribution < 1.29 is 9.53 Å². The molecule has 1 aliphatic heterocycles. The van der Waals surface area contributed by atoms with E-state index in [1.54, 1.807) is 11.1 Å². The van der Waals surface area contributed by atoms with Gasteiger partial charge in [-0.05, 0) is 13.5 Å². The molecule has 2 rings (SSSR count). The van der Waals surface area contributed by atoms with Crippen LogP contribution in [-0.4, -0.2) is 52.9 Å². The zero-order valence-corrected chi connectivity index (χ0v) is 11.7. The van der Waals surface area contributed by atoms with Crippen molar-refractivity contribution in [2.75, 3.05) is 26.2 Å². The van der Waals surface area contributed by atoms with E-state index in [2.05, 4.69) is 5.10 Å². The number of halogens is 1. The minimum absolute atomic E-state index is 0.0143. The molecule has 2 heterocycles. The van der Waals surface area contributed by atoms with E-state index in [4.69, 9.17) is 22.1 Å². The fourth-order valence-corrected chi connectivity index (χ4v) is 2.49. The zero-order chi connectivity index (χ0) is 13.8. The largest absolute Gasteiger partial charge is 0.376 e. The molecule has 1 fully saturated rings. The van der Waals surface area contributed by atoms with Crippen molar-refractivity contribution >= 4 is 17.5 Å². The van der Waals surface area contributed by atoms with Gasteiger partial charge in [-0.1, -0.05) is 11.6 Å². The Balaban J connectivity index is 1.93. The summed E-state index contributed by atoms with van der Waals surface area (Å²) in [6.45, 7) is 4.56. The normalized spacial score (nSPS) is 23.0. The Labute approximate surface area is 117 Å². The average molecular weight is 287 g/mol. The van der Waals surface area contributed by atoms with Crippen LogP contribution in [0.25, 0.3) is 0 Å². The number of amides is 1. The highest BCUT2D eigenvalue weighted by Gasteiger charge is 2.34. The fraction of sp³-hybridized carbons (Fsp3) is 0.667. The lowest BCUT2D eigenvalue weighted by atomic mass is 10.1.